The third-order valence-corrected chi connectivity index (χ3v) is 3.56. The maximum atomic E-state index is 5.55. The number of nitrogens with two attached hydrogens (primary N) is 1. The van der Waals surface area contributed by atoms with Crippen LogP contribution >= 0.6 is 11.3 Å². The summed E-state index contributed by atoms with van der Waals surface area (Å²) in [4.78, 5) is 8.75. The van der Waals surface area contributed by atoms with Gasteiger partial charge in [0.05, 0.1) is 10.7 Å². The second-order valence-electron chi connectivity index (χ2n) is 4.25. The predicted molar refractivity (Wildman–Crippen MR) is 71.9 cm³/mol. The Morgan fingerprint density at radius 3 is 3.06 bits per heavy atom. The Labute approximate surface area is 106 Å². The molecule has 1 unspecified atom stereocenters. The van der Waals surface area contributed by atoms with E-state index in [9.17, 15) is 0 Å². The third kappa shape index (κ3) is 3.35. The molecule has 2 aromatic rings. The summed E-state index contributed by atoms with van der Waals surface area (Å²) in [5.41, 5.74) is 7.66. The van der Waals surface area contributed by atoms with E-state index in [1.165, 1.54) is 5.01 Å². The zero-order valence-electron chi connectivity index (χ0n) is 9.97. The van der Waals surface area contributed by atoms with E-state index in [1.54, 1.807) is 17.5 Å². The Morgan fingerprint density at radius 2 is 2.35 bits per heavy atom. The summed E-state index contributed by atoms with van der Waals surface area (Å²) >= 11 is 1.72. The third-order valence-electron chi connectivity index (χ3n) is 2.69. The molecule has 4 heteroatoms. The van der Waals surface area contributed by atoms with Crippen molar-refractivity contribution >= 4 is 11.3 Å². The highest BCUT2D eigenvalue weighted by molar-refractivity contribution is 7.09. The number of pyridine rings is 1. The van der Waals surface area contributed by atoms with Crippen LogP contribution in [0.15, 0.2) is 29.9 Å². The summed E-state index contributed by atoms with van der Waals surface area (Å²) < 4.78 is 0. The highest BCUT2D eigenvalue weighted by atomic mass is 32.1. The summed E-state index contributed by atoms with van der Waals surface area (Å²) in [6.45, 7) is 2.97. The van der Waals surface area contributed by atoms with Crippen LogP contribution in [0.2, 0.25) is 0 Å². The number of nitrogens with zero attached hydrogens (tertiary/aromatic N) is 2. The summed E-state index contributed by atoms with van der Waals surface area (Å²) in [5.74, 6) is 0.605. The van der Waals surface area contributed by atoms with E-state index in [0.717, 1.165) is 30.6 Å². The molecule has 0 spiro atoms. The molecule has 0 saturated heterocycles. The van der Waals surface area contributed by atoms with Gasteiger partial charge in [-0.15, -0.1) is 11.3 Å². The molecular formula is C13H17N3S. The smallest absolute Gasteiger partial charge is 0.0935 e. The van der Waals surface area contributed by atoms with Gasteiger partial charge in [-0.2, -0.15) is 0 Å². The summed E-state index contributed by atoms with van der Waals surface area (Å²) in [7, 11) is 0. The first-order valence-electron chi connectivity index (χ1n) is 5.84. The maximum absolute atomic E-state index is 5.55. The summed E-state index contributed by atoms with van der Waals surface area (Å²) in [6.07, 6.45) is 5.70. The number of thiazole rings is 1. The average molecular weight is 247 g/mol. The molecule has 17 heavy (non-hydrogen) atoms. The molecule has 2 N–H and O–H groups in total. The van der Waals surface area contributed by atoms with Gasteiger partial charge in [0, 0.05) is 29.8 Å². The molecule has 90 valence electrons. The fraction of sp³-hybridized carbons (Fsp3) is 0.385. The van der Waals surface area contributed by atoms with Crippen LogP contribution in [-0.4, -0.2) is 16.5 Å². The molecule has 2 aromatic heterocycles. The normalized spacial score (nSPS) is 12.6. The molecule has 0 saturated carbocycles. The van der Waals surface area contributed by atoms with Gasteiger partial charge in [0.15, 0.2) is 0 Å². The fourth-order valence-electron chi connectivity index (χ4n) is 1.74. The Kier molecular flexibility index (Phi) is 4.23. The van der Waals surface area contributed by atoms with E-state index in [-0.39, 0.29) is 0 Å². The van der Waals surface area contributed by atoms with Crippen LogP contribution in [0.5, 0.6) is 0 Å². The van der Waals surface area contributed by atoms with Crippen LogP contribution in [0.3, 0.4) is 0 Å². The molecule has 0 aliphatic carbocycles. The Balaban J connectivity index is 2.06. The van der Waals surface area contributed by atoms with Crippen LogP contribution < -0.4 is 5.73 Å². The van der Waals surface area contributed by atoms with Crippen molar-refractivity contribution in [2.24, 2.45) is 11.7 Å². The highest BCUT2D eigenvalue weighted by Gasteiger charge is 2.08. The first-order valence-corrected chi connectivity index (χ1v) is 6.72. The van der Waals surface area contributed by atoms with Crippen molar-refractivity contribution in [3.63, 3.8) is 0 Å². The van der Waals surface area contributed by atoms with E-state index >= 15 is 0 Å². The van der Waals surface area contributed by atoms with E-state index in [4.69, 9.17) is 5.73 Å². The fourth-order valence-corrected chi connectivity index (χ4v) is 2.70. The van der Waals surface area contributed by atoms with Crippen molar-refractivity contribution in [3.8, 4) is 11.3 Å². The van der Waals surface area contributed by atoms with E-state index in [1.807, 2.05) is 18.3 Å². The standard InChI is InChI=1S/C13H17N3S/c1-10(4-5-14)7-13-16-12(9-17-13)11-3-2-6-15-8-11/h2-3,6,8-10H,4-5,7,14H2,1H3. The van der Waals surface area contributed by atoms with Crippen molar-refractivity contribution in [2.45, 2.75) is 19.8 Å². The van der Waals surface area contributed by atoms with Crippen molar-refractivity contribution < 1.29 is 0 Å². The number of rotatable bonds is 5. The molecule has 2 heterocycles. The molecule has 0 bridgehead atoms. The van der Waals surface area contributed by atoms with Crippen LogP contribution in [0.1, 0.15) is 18.4 Å². The predicted octanol–water partition coefficient (Wildman–Crippen LogP) is 2.73. The number of hydrogen-bond donors (Lipinski definition) is 1. The van der Waals surface area contributed by atoms with Gasteiger partial charge in [-0.05, 0) is 31.0 Å². The largest absolute Gasteiger partial charge is 0.330 e. The van der Waals surface area contributed by atoms with Gasteiger partial charge in [0.1, 0.15) is 0 Å². The lowest BCUT2D eigenvalue weighted by Gasteiger charge is -2.06. The van der Waals surface area contributed by atoms with Gasteiger partial charge in [0.25, 0.3) is 0 Å². The van der Waals surface area contributed by atoms with E-state index in [0.29, 0.717) is 5.92 Å². The van der Waals surface area contributed by atoms with Gasteiger partial charge in [-0.1, -0.05) is 6.92 Å². The van der Waals surface area contributed by atoms with Gasteiger partial charge < -0.3 is 5.73 Å². The molecule has 0 amide bonds. The van der Waals surface area contributed by atoms with Crippen molar-refractivity contribution in [3.05, 3.63) is 34.9 Å². The minimum atomic E-state index is 0.605. The van der Waals surface area contributed by atoms with Gasteiger partial charge >= 0.3 is 0 Å². The molecule has 0 radical (unpaired) electrons. The number of aromatic nitrogens is 2. The zero-order chi connectivity index (χ0) is 12.1. The van der Waals surface area contributed by atoms with E-state index in [2.05, 4.69) is 22.3 Å². The van der Waals surface area contributed by atoms with Gasteiger partial charge in [-0.3, -0.25) is 4.98 Å². The van der Waals surface area contributed by atoms with Crippen molar-refractivity contribution in [1.82, 2.24) is 9.97 Å². The molecule has 0 aliphatic rings. The van der Waals surface area contributed by atoms with E-state index < -0.39 is 0 Å². The van der Waals surface area contributed by atoms with Crippen LogP contribution in [0.4, 0.5) is 0 Å². The Bertz CT molecular complexity index is 453. The lowest BCUT2D eigenvalue weighted by molar-refractivity contribution is 0.537. The molecule has 0 fully saturated rings. The molecule has 1 atom stereocenters. The summed E-state index contributed by atoms with van der Waals surface area (Å²) in [5, 5.41) is 3.28. The number of hydrogen-bond acceptors (Lipinski definition) is 4. The Hall–Kier alpha value is -1.26. The monoisotopic (exact) mass is 247 g/mol. The lowest BCUT2D eigenvalue weighted by Crippen LogP contribution is -2.07. The lowest BCUT2D eigenvalue weighted by atomic mass is 10.1. The first kappa shape index (κ1) is 12.2. The maximum Gasteiger partial charge on any atom is 0.0935 e. The quantitative estimate of drug-likeness (QED) is 0.884. The van der Waals surface area contributed by atoms with Gasteiger partial charge in [-0.25, -0.2) is 4.98 Å². The minimum Gasteiger partial charge on any atom is -0.330 e. The second-order valence-corrected chi connectivity index (χ2v) is 5.20. The average Bonchev–Trinajstić information content (AvgIpc) is 2.79. The zero-order valence-corrected chi connectivity index (χ0v) is 10.8. The SMILES string of the molecule is CC(CCN)Cc1nc(-c2cccnc2)cs1. The topological polar surface area (TPSA) is 51.8 Å². The highest BCUT2D eigenvalue weighted by Crippen LogP contribution is 2.23. The molecular weight excluding hydrogens is 230 g/mol. The van der Waals surface area contributed by atoms with Crippen LogP contribution in [0, 0.1) is 5.92 Å². The molecule has 2 rings (SSSR count). The molecule has 0 aliphatic heterocycles. The minimum absolute atomic E-state index is 0.605. The van der Waals surface area contributed by atoms with Crippen LogP contribution in [-0.2, 0) is 6.42 Å². The van der Waals surface area contributed by atoms with Crippen molar-refractivity contribution in [2.75, 3.05) is 6.54 Å². The Morgan fingerprint density at radius 1 is 1.47 bits per heavy atom. The van der Waals surface area contributed by atoms with Gasteiger partial charge in [0.2, 0.25) is 0 Å². The van der Waals surface area contributed by atoms with Crippen molar-refractivity contribution in [1.29, 1.82) is 0 Å². The first-order chi connectivity index (χ1) is 8.29. The molecule has 3 nitrogen and oxygen atoms in total. The second kappa shape index (κ2) is 5.89. The summed E-state index contributed by atoms with van der Waals surface area (Å²) in [6, 6.07) is 3.97. The van der Waals surface area contributed by atoms with Crippen LogP contribution in [0.25, 0.3) is 11.3 Å². The molecule has 0 aromatic carbocycles.